The van der Waals surface area contributed by atoms with Gasteiger partial charge in [-0.25, -0.2) is 9.97 Å². The Morgan fingerprint density at radius 3 is 2.82 bits per heavy atom. The van der Waals surface area contributed by atoms with Gasteiger partial charge in [-0.3, -0.25) is 4.57 Å². The van der Waals surface area contributed by atoms with Gasteiger partial charge in [-0.1, -0.05) is 6.07 Å². The van der Waals surface area contributed by atoms with Gasteiger partial charge in [-0.2, -0.15) is 9.97 Å². The van der Waals surface area contributed by atoms with Crippen LogP contribution < -0.4 is 10.5 Å². The van der Waals surface area contributed by atoms with E-state index in [0.29, 0.717) is 29.0 Å². The van der Waals surface area contributed by atoms with Crippen LogP contribution in [-0.2, 0) is 6.54 Å². The van der Waals surface area contributed by atoms with E-state index in [4.69, 9.17) is 10.5 Å². The third kappa shape index (κ3) is 2.67. The van der Waals surface area contributed by atoms with E-state index >= 15 is 0 Å². The van der Waals surface area contributed by atoms with E-state index in [0.717, 1.165) is 5.56 Å². The van der Waals surface area contributed by atoms with Crippen molar-refractivity contribution in [1.82, 2.24) is 24.5 Å². The molecule has 3 aromatic rings. The Morgan fingerprint density at radius 1 is 1.32 bits per heavy atom. The van der Waals surface area contributed by atoms with Crippen LogP contribution in [-0.4, -0.2) is 36.2 Å². The second-order valence-electron chi connectivity index (χ2n) is 4.49. The predicted octanol–water partition coefficient (Wildman–Crippen LogP) is 1.72. The molecule has 0 aliphatic heterocycles. The number of nitrogens with zero attached hydrogens (tertiary/aromatic N) is 5. The van der Waals surface area contributed by atoms with Gasteiger partial charge in [0.2, 0.25) is 5.88 Å². The standard InChI is InChI=1S/C13H13BrN6O2/c1-2-22-13-18-10(15)9-11(19-13)20(12(14)17-9)6-7-3-4-8(21)16-5-7/h3-5H,2,6H2,1H3,(H,16,21)(H2,15,18,19). The molecule has 3 aromatic heterocycles. The van der Waals surface area contributed by atoms with Crippen LogP contribution in [0.4, 0.5) is 5.82 Å². The number of anilines is 1. The van der Waals surface area contributed by atoms with Crippen molar-refractivity contribution in [3.63, 3.8) is 0 Å². The zero-order valence-electron chi connectivity index (χ0n) is 11.7. The summed E-state index contributed by atoms with van der Waals surface area (Å²) in [7, 11) is 0. The smallest absolute Gasteiger partial charge is 0.320 e. The third-order valence-corrected chi connectivity index (χ3v) is 3.58. The molecule has 3 rings (SSSR count). The van der Waals surface area contributed by atoms with Gasteiger partial charge in [0.25, 0.3) is 0 Å². The van der Waals surface area contributed by atoms with Crippen molar-refractivity contribution >= 4 is 32.9 Å². The second-order valence-corrected chi connectivity index (χ2v) is 5.20. The molecule has 3 N–H and O–H groups in total. The van der Waals surface area contributed by atoms with Crippen molar-refractivity contribution < 1.29 is 9.84 Å². The number of pyridine rings is 1. The molecule has 114 valence electrons. The van der Waals surface area contributed by atoms with Crippen molar-refractivity contribution in [2.24, 2.45) is 0 Å². The quantitative estimate of drug-likeness (QED) is 0.677. The highest BCUT2D eigenvalue weighted by Gasteiger charge is 2.16. The van der Waals surface area contributed by atoms with Gasteiger partial charge in [-0.15, -0.1) is 0 Å². The van der Waals surface area contributed by atoms with Crippen molar-refractivity contribution in [3.05, 3.63) is 28.6 Å². The largest absolute Gasteiger partial charge is 0.493 e. The lowest BCUT2D eigenvalue weighted by molar-refractivity contribution is 0.314. The Bertz CT molecular complexity index is 818. The maximum absolute atomic E-state index is 9.25. The molecule has 0 aliphatic carbocycles. The molecule has 8 nitrogen and oxygen atoms in total. The second kappa shape index (κ2) is 5.76. The molecule has 0 fully saturated rings. The lowest BCUT2D eigenvalue weighted by Gasteiger charge is -2.07. The molecule has 0 aliphatic rings. The zero-order chi connectivity index (χ0) is 15.7. The molecule has 3 heterocycles. The summed E-state index contributed by atoms with van der Waals surface area (Å²) in [4.78, 5) is 16.6. The molecule has 0 atom stereocenters. The summed E-state index contributed by atoms with van der Waals surface area (Å²) in [5.74, 6) is 0.236. The number of nitrogens with two attached hydrogens (primary N) is 1. The Labute approximate surface area is 134 Å². The van der Waals surface area contributed by atoms with E-state index in [1.807, 2.05) is 11.5 Å². The number of hydrogen-bond donors (Lipinski definition) is 2. The molecule has 9 heteroatoms. The summed E-state index contributed by atoms with van der Waals surface area (Å²) in [6.07, 6.45) is 1.58. The summed E-state index contributed by atoms with van der Waals surface area (Å²) in [6, 6.07) is 3.51. The number of nitrogen functional groups attached to an aromatic ring is 1. The van der Waals surface area contributed by atoms with Gasteiger partial charge in [-0.05, 0) is 28.4 Å². The lowest BCUT2D eigenvalue weighted by atomic mass is 10.3. The first kappa shape index (κ1) is 14.5. The number of imidazole rings is 1. The number of fused-ring (bicyclic) bond motifs is 1. The lowest BCUT2D eigenvalue weighted by Crippen LogP contribution is -2.05. The molecule has 0 saturated heterocycles. The molecular formula is C13H13BrN6O2. The number of aromatic nitrogens is 5. The van der Waals surface area contributed by atoms with Gasteiger partial charge in [0, 0.05) is 12.3 Å². The first-order chi connectivity index (χ1) is 10.6. The summed E-state index contributed by atoms with van der Waals surface area (Å²) in [5, 5.41) is 9.25. The number of ether oxygens (including phenoxy) is 1. The fourth-order valence-electron chi connectivity index (χ4n) is 2.00. The molecule has 0 aromatic carbocycles. The molecule has 0 amide bonds. The van der Waals surface area contributed by atoms with Gasteiger partial charge < -0.3 is 15.6 Å². The van der Waals surface area contributed by atoms with Gasteiger partial charge in [0.15, 0.2) is 21.7 Å². The Balaban J connectivity index is 2.07. The van der Waals surface area contributed by atoms with Crippen LogP contribution in [0.25, 0.3) is 11.2 Å². The highest BCUT2D eigenvalue weighted by atomic mass is 79.9. The maximum atomic E-state index is 9.25. The van der Waals surface area contributed by atoms with Crippen LogP contribution in [0.3, 0.4) is 0 Å². The summed E-state index contributed by atoms with van der Waals surface area (Å²) < 4.78 is 7.72. The minimum atomic E-state index is -0.0245. The summed E-state index contributed by atoms with van der Waals surface area (Å²) >= 11 is 3.40. The molecule has 22 heavy (non-hydrogen) atoms. The van der Waals surface area contributed by atoms with E-state index in [-0.39, 0.29) is 17.7 Å². The monoisotopic (exact) mass is 364 g/mol. The number of aromatic hydroxyl groups is 1. The van der Waals surface area contributed by atoms with Crippen LogP contribution in [0.5, 0.6) is 11.9 Å². The number of hydrogen-bond acceptors (Lipinski definition) is 7. The van der Waals surface area contributed by atoms with E-state index in [1.165, 1.54) is 6.07 Å². The SMILES string of the molecule is CCOc1nc(N)c2nc(Br)n(Cc3ccc(O)nc3)c2n1. The molecule has 0 radical (unpaired) electrons. The predicted molar refractivity (Wildman–Crippen MR) is 83.6 cm³/mol. The molecular weight excluding hydrogens is 352 g/mol. The number of halogens is 1. The molecule has 0 unspecified atom stereocenters. The maximum Gasteiger partial charge on any atom is 0.320 e. The van der Waals surface area contributed by atoms with Crippen molar-refractivity contribution in [1.29, 1.82) is 0 Å². The molecule has 0 bridgehead atoms. The zero-order valence-corrected chi connectivity index (χ0v) is 13.3. The van der Waals surface area contributed by atoms with Crippen LogP contribution in [0, 0.1) is 0 Å². The van der Waals surface area contributed by atoms with E-state index in [2.05, 4.69) is 35.9 Å². The van der Waals surface area contributed by atoms with E-state index in [9.17, 15) is 5.11 Å². The van der Waals surface area contributed by atoms with Crippen molar-refractivity contribution in [2.45, 2.75) is 13.5 Å². The Kier molecular flexibility index (Phi) is 3.80. The number of rotatable bonds is 4. The topological polar surface area (TPSA) is 112 Å². The fourth-order valence-corrected chi connectivity index (χ4v) is 2.47. The van der Waals surface area contributed by atoms with Crippen LogP contribution in [0.1, 0.15) is 12.5 Å². The molecule has 0 spiro atoms. The Morgan fingerprint density at radius 2 is 2.14 bits per heavy atom. The first-order valence-electron chi connectivity index (χ1n) is 6.54. The fraction of sp³-hybridized carbons (Fsp3) is 0.231. The van der Waals surface area contributed by atoms with Crippen molar-refractivity contribution in [2.75, 3.05) is 12.3 Å². The first-order valence-corrected chi connectivity index (χ1v) is 7.33. The van der Waals surface area contributed by atoms with Crippen LogP contribution in [0.15, 0.2) is 23.1 Å². The van der Waals surface area contributed by atoms with Crippen LogP contribution >= 0.6 is 15.9 Å². The molecule has 0 saturated carbocycles. The summed E-state index contributed by atoms with van der Waals surface area (Å²) in [5.41, 5.74) is 7.86. The summed E-state index contributed by atoms with van der Waals surface area (Å²) in [6.45, 7) is 2.76. The van der Waals surface area contributed by atoms with E-state index < -0.39 is 0 Å². The third-order valence-electron chi connectivity index (χ3n) is 2.98. The van der Waals surface area contributed by atoms with Gasteiger partial charge >= 0.3 is 6.01 Å². The highest BCUT2D eigenvalue weighted by molar-refractivity contribution is 9.10. The van der Waals surface area contributed by atoms with Gasteiger partial charge in [0.05, 0.1) is 13.2 Å². The highest BCUT2D eigenvalue weighted by Crippen LogP contribution is 2.25. The minimum Gasteiger partial charge on any atom is -0.493 e. The minimum absolute atomic E-state index is 0.0245. The average Bonchev–Trinajstić information content (AvgIpc) is 2.79. The average molecular weight is 365 g/mol. The van der Waals surface area contributed by atoms with Crippen LogP contribution in [0.2, 0.25) is 0 Å². The van der Waals surface area contributed by atoms with Crippen molar-refractivity contribution in [3.8, 4) is 11.9 Å². The Hall–Kier alpha value is -2.42. The normalized spacial score (nSPS) is 11.0. The van der Waals surface area contributed by atoms with E-state index in [1.54, 1.807) is 12.3 Å². The van der Waals surface area contributed by atoms with Gasteiger partial charge in [0.1, 0.15) is 0 Å².